The van der Waals surface area contributed by atoms with Gasteiger partial charge in [0.15, 0.2) is 24.8 Å². The summed E-state index contributed by atoms with van der Waals surface area (Å²) in [5, 5.41) is 53.7. The Morgan fingerprint density at radius 2 is 1.48 bits per heavy atom. The topological polar surface area (TPSA) is 217 Å². The molecule has 19 atom stereocenters. The van der Waals surface area contributed by atoms with Gasteiger partial charge in [0.1, 0.15) is 35.9 Å². The van der Waals surface area contributed by atoms with Gasteiger partial charge in [0.25, 0.3) is 0 Å². The zero-order chi connectivity index (χ0) is 44.7. The van der Waals surface area contributed by atoms with Crippen LogP contribution < -0.4 is 4.74 Å². The van der Waals surface area contributed by atoms with Crippen LogP contribution in [0.1, 0.15) is 109 Å². The molecule has 4 saturated carbocycles. The molecule has 0 radical (unpaired) electrons. The van der Waals surface area contributed by atoms with Crippen LogP contribution in [-0.2, 0) is 38.0 Å². The average molecular weight is 875 g/mol. The third kappa shape index (κ3) is 9.35. The first-order valence-corrected chi connectivity index (χ1v) is 22.9. The van der Waals surface area contributed by atoms with Gasteiger partial charge in [-0.15, -0.1) is 0 Å². The quantitative estimate of drug-likeness (QED) is 0.167. The van der Waals surface area contributed by atoms with Crippen LogP contribution in [0.25, 0.3) is 0 Å². The number of hydrogen-bond acceptors (Lipinski definition) is 15. The minimum atomic E-state index is -1.59. The largest absolute Gasteiger partial charge is 0.497 e. The zero-order valence-electron chi connectivity index (χ0n) is 37.1. The van der Waals surface area contributed by atoms with E-state index < -0.39 is 67.2 Å². The Bertz CT molecular complexity index is 1710. The molecular formula is C47H70O15. The normalized spacial score (nSPS) is 42.7. The highest BCUT2D eigenvalue weighted by molar-refractivity contribution is 5.89. The van der Waals surface area contributed by atoms with E-state index in [0.29, 0.717) is 36.8 Å². The number of ether oxygens (including phenoxy) is 7. The SMILES string of the molecule is COc1ccc(C(=O)O[C@H]2[C@H](O[C@H]3CO[C@@H](O[C@@H]4CC([C@H](C)C(=O)CC[C@@H](C)CO)[C@@]5(C)CC[C@H]6[C@@H](CC[C@H]7C[C@@H](O)CC[C@@]76C)[C@H]45)[C@H](OC(C)=O)[C@H]3O)OC[C@@H](O)[C@@H]2O)cc1. The van der Waals surface area contributed by atoms with Gasteiger partial charge in [0, 0.05) is 25.9 Å². The van der Waals surface area contributed by atoms with Crippen molar-refractivity contribution in [3.63, 3.8) is 0 Å². The molecule has 2 saturated heterocycles. The Kier molecular flexibility index (Phi) is 14.8. The molecule has 348 valence electrons. The molecule has 7 rings (SSSR count). The van der Waals surface area contributed by atoms with Gasteiger partial charge < -0.3 is 58.7 Å². The number of esters is 2. The molecule has 2 aliphatic heterocycles. The molecule has 0 aromatic heterocycles. The van der Waals surface area contributed by atoms with E-state index in [1.165, 1.54) is 26.2 Å². The maximum absolute atomic E-state index is 13.9. The maximum Gasteiger partial charge on any atom is 0.338 e. The van der Waals surface area contributed by atoms with E-state index in [1.807, 2.05) is 13.8 Å². The summed E-state index contributed by atoms with van der Waals surface area (Å²) in [4.78, 5) is 39.7. The van der Waals surface area contributed by atoms with Crippen LogP contribution in [0.15, 0.2) is 24.3 Å². The number of methoxy groups -OCH3 is 1. The van der Waals surface area contributed by atoms with Crippen LogP contribution in [0.3, 0.4) is 0 Å². The minimum absolute atomic E-state index is 0.00588. The molecule has 6 aliphatic rings. The van der Waals surface area contributed by atoms with Crippen molar-refractivity contribution in [1.82, 2.24) is 0 Å². The summed E-state index contributed by atoms with van der Waals surface area (Å²) in [6.45, 7) is 9.37. The summed E-state index contributed by atoms with van der Waals surface area (Å²) in [5.74, 6) is 0.130. The van der Waals surface area contributed by atoms with E-state index in [0.717, 1.165) is 44.9 Å². The van der Waals surface area contributed by atoms with Gasteiger partial charge in [0.05, 0.1) is 38.1 Å². The fourth-order valence-corrected chi connectivity index (χ4v) is 12.7. The van der Waals surface area contributed by atoms with Crippen molar-refractivity contribution in [2.75, 3.05) is 26.9 Å². The third-order valence-corrected chi connectivity index (χ3v) is 16.3. The average Bonchev–Trinajstić information content (AvgIpc) is 3.55. The smallest absolute Gasteiger partial charge is 0.338 e. The summed E-state index contributed by atoms with van der Waals surface area (Å²) in [6, 6.07) is 6.12. The molecule has 1 aromatic rings. The predicted octanol–water partition coefficient (Wildman–Crippen LogP) is 3.96. The van der Waals surface area contributed by atoms with Crippen molar-refractivity contribution in [2.45, 2.75) is 160 Å². The first kappa shape index (κ1) is 47.2. The molecule has 1 aromatic carbocycles. The second kappa shape index (κ2) is 19.4. The summed E-state index contributed by atoms with van der Waals surface area (Å²) in [7, 11) is 1.49. The number of Topliss-reactive ketones (excluding diaryl/α,β-unsaturated/α-hetero) is 1. The van der Waals surface area contributed by atoms with E-state index in [-0.39, 0.29) is 77.7 Å². The van der Waals surface area contributed by atoms with Gasteiger partial charge >= 0.3 is 11.9 Å². The lowest BCUT2D eigenvalue weighted by molar-refractivity contribution is -0.335. The van der Waals surface area contributed by atoms with E-state index >= 15 is 0 Å². The van der Waals surface area contributed by atoms with E-state index in [9.17, 15) is 39.9 Å². The molecule has 2 heterocycles. The Labute approximate surface area is 365 Å². The Balaban J connectivity index is 1.11. The van der Waals surface area contributed by atoms with E-state index in [4.69, 9.17) is 33.2 Å². The highest BCUT2D eigenvalue weighted by Crippen LogP contribution is 2.69. The van der Waals surface area contributed by atoms with E-state index in [1.54, 1.807) is 12.1 Å². The molecule has 6 fully saturated rings. The standard InChI is InChI=1S/C47H70O15/c1-24(21-48)7-14-34(51)25(2)33-20-36(38-31-13-10-28-19-29(50)15-17-46(28,4)32(31)16-18-47(33,38)5)60-45-42(59-26(3)49)40(54)37(23-58-45)61-44-41(39(53)35(52)22-57-44)62-43(55)27-8-11-30(56-6)12-9-27/h8-9,11-12,24-25,28-29,31-33,35-42,44-45,48,50,52-54H,7,10,13-23H2,1-6H3/t24-,25+,28+,29+,31-,32+,33?,35-,36-,37+,38-,39+,40+,41-,42-,44+,45+,46+,47-/m1/s1. The second-order valence-electron chi connectivity index (χ2n) is 19.9. The van der Waals surface area contributed by atoms with Crippen LogP contribution in [-0.4, -0.2) is 132 Å². The number of aliphatic hydroxyl groups excluding tert-OH is 5. The summed E-state index contributed by atoms with van der Waals surface area (Å²) >= 11 is 0. The molecule has 0 amide bonds. The van der Waals surface area contributed by atoms with Crippen LogP contribution in [0.5, 0.6) is 5.75 Å². The number of carbonyl (C=O) groups is 3. The molecule has 62 heavy (non-hydrogen) atoms. The first-order valence-electron chi connectivity index (χ1n) is 22.9. The lowest BCUT2D eigenvalue weighted by atomic mass is 9.44. The van der Waals surface area contributed by atoms with Gasteiger partial charge in [-0.1, -0.05) is 27.7 Å². The molecular weight excluding hydrogens is 805 g/mol. The molecule has 1 unspecified atom stereocenters. The lowest BCUT2D eigenvalue weighted by Crippen LogP contribution is -2.61. The van der Waals surface area contributed by atoms with Gasteiger partial charge in [-0.25, -0.2) is 4.79 Å². The van der Waals surface area contributed by atoms with Gasteiger partial charge in [-0.3, -0.25) is 9.59 Å². The fourth-order valence-electron chi connectivity index (χ4n) is 12.7. The summed E-state index contributed by atoms with van der Waals surface area (Å²) < 4.78 is 41.8. The molecule has 5 N–H and O–H groups in total. The van der Waals surface area contributed by atoms with Crippen LogP contribution in [0, 0.1) is 52.3 Å². The highest BCUT2D eigenvalue weighted by atomic mass is 16.7. The fraction of sp³-hybridized carbons (Fsp3) is 0.809. The number of benzene rings is 1. The Morgan fingerprint density at radius 3 is 2.16 bits per heavy atom. The summed E-state index contributed by atoms with van der Waals surface area (Å²) in [5.41, 5.74) is -0.0298. The predicted molar refractivity (Wildman–Crippen MR) is 221 cm³/mol. The number of aliphatic hydroxyl groups is 5. The number of carbonyl (C=O) groups excluding carboxylic acids is 3. The highest BCUT2D eigenvalue weighted by Gasteiger charge is 2.65. The van der Waals surface area contributed by atoms with Crippen LogP contribution in [0.4, 0.5) is 0 Å². The van der Waals surface area contributed by atoms with Gasteiger partial charge in [-0.2, -0.15) is 0 Å². The first-order chi connectivity index (χ1) is 29.5. The van der Waals surface area contributed by atoms with E-state index in [2.05, 4.69) is 13.8 Å². The second-order valence-corrected chi connectivity index (χ2v) is 19.9. The molecule has 0 bridgehead atoms. The molecule has 15 nitrogen and oxygen atoms in total. The molecule has 15 heteroatoms. The van der Waals surface area contributed by atoms with Crippen LogP contribution in [0.2, 0.25) is 0 Å². The van der Waals surface area contributed by atoms with Crippen molar-refractivity contribution >= 4 is 17.7 Å². The monoisotopic (exact) mass is 874 g/mol. The maximum atomic E-state index is 13.9. The summed E-state index contributed by atoms with van der Waals surface area (Å²) in [6.07, 6.45) is -3.78. The Morgan fingerprint density at radius 1 is 0.823 bits per heavy atom. The van der Waals surface area contributed by atoms with Crippen molar-refractivity contribution in [2.24, 2.45) is 52.3 Å². The van der Waals surface area contributed by atoms with Crippen molar-refractivity contribution < 1.29 is 73.1 Å². The van der Waals surface area contributed by atoms with Crippen molar-refractivity contribution in [3.05, 3.63) is 29.8 Å². The number of hydrogen-bond donors (Lipinski definition) is 5. The van der Waals surface area contributed by atoms with Crippen molar-refractivity contribution in [3.8, 4) is 5.75 Å². The number of fused-ring (bicyclic) bond motifs is 5. The molecule has 0 spiro atoms. The Hall–Kier alpha value is -2.73. The van der Waals surface area contributed by atoms with Gasteiger partial charge in [0.2, 0.25) is 0 Å². The third-order valence-electron chi connectivity index (χ3n) is 16.3. The zero-order valence-corrected chi connectivity index (χ0v) is 37.1. The van der Waals surface area contributed by atoms with Crippen LogP contribution >= 0.6 is 0 Å². The molecule has 4 aliphatic carbocycles. The number of ketones is 1. The number of rotatable bonds is 14. The van der Waals surface area contributed by atoms with Crippen molar-refractivity contribution in [1.29, 1.82) is 0 Å². The lowest BCUT2D eigenvalue weighted by Gasteiger charge is -2.61. The minimum Gasteiger partial charge on any atom is -0.497 e. The van der Waals surface area contributed by atoms with Gasteiger partial charge in [-0.05, 0) is 128 Å².